The van der Waals surface area contributed by atoms with Crippen LogP contribution in [0.5, 0.6) is 0 Å². The van der Waals surface area contributed by atoms with E-state index in [1.54, 1.807) is 41.5 Å². The minimum absolute atomic E-state index is 0.367. The molecule has 1 rings (SSSR count). The van der Waals surface area contributed by atoms with Crippen LogP contribution in [0.15, 0.2) is 0 Å². The first kappa shape index (κ1) is 16.4. The smallest absolute Gasteiger partial charge is 0.325 e. The highest BCUT2D eigenvalue weighted by Crippen LogP contribution is 2.21. The Balaban J connectivity index is 2.74. The summed E-state index contributed by atoms with van der Waals surface area (Å²) in [5.74, 6) is -0.947. The lowest BCUT2D eigenvalue weighted by atomic mass is 9.86. The van der Waals surface area contributed by atoms with Crippen molar-refractivity contribution in [3.63, 3.8) is 0 Å². The van der Waals surface area contributed by atoms with Crippen LogP contribution in [-0.2, 0) is 9.59 Å². The molecule has 20 heavy (non-hydrogen) atoms. The predicted molar refractivity (Wildman–Crippen MR) is 72.8 cm³/mol. The number of carbonyl (C=O) groups excluding carboxylic acids is 3. The summed E-state index contributed by atoms with van der Waals surface area (Å²) in [5, 5.41) is 15.1. The van der Waals surface area contributed by atoms with E-state index in [-0.39, 0.29) is 6.54 Å². The van der Waals surface area contributed by atoms with Gasteiger partial charge >= 0.3 is 6.03 Å². The predicted octanol–water partition coefficient (Wildman–Crippen LogP) is -0.0175. The molecule has 1 heterocycles. The third kappa shape index (κ3) is 3.09. The van der Waals surface area contributed by atoms with Crippen LogP contribution in [0.1, 0.15) is 41.5 Å². The summed E-state index contributed by atoms with van der Waals surface area (Å²) >= 11 is 0. The number of amides is 4. The van der Waals surface area contributed by atoms with Gasteiger partial charge in [-0.15, -0.1) is 0 Å². The number of rotatable bonds is 4. The van der Waals surface area contributed by atoms with Crippen LogP contribution in [0.25, 0.3) is 0 Å². The Labute approximate surface area is 118 Å². The minimum Gasteiger partial charge on any atom is -0.388 e. The van der Waals surface area contributed by atoms with Crippen LogP contribution >= 0.6 is 0 Å². The van der Waals surface area contributed by atoms with Gasteiger partial charge in [0.15, 0.2) is 0 Å². The third-order valence-corrected chi connectivity index (χ3v) is 3.73. The zero-order valence-corrected chi connectivity index (χ0v) is 12.8. The van der Waals surface area contributed by atoms with Gasteiger partial charge in [0.25, 0.3) is 5.91 Å². The molecule has 4 amide bonds. The average Bonchev–Trinajstić information content (AvgIpc) is 2.38. The molecule has 7 heteroatoms. The molecule has 0 aromatic rings. The molecule has 0 aromatic carbocycles. The average molecular weight is 285 g/mol. The lowest BCUT2D eigenvalue weighted by Crippen LogP contribution is -2.59. The van der Waals surface area contributed by atoms with E-state index in [2.05, 4.69) is 10.6 Å². The van der Waals surface area contributed by atoms with Crippen molar-refractivity contribution < 1.29 is 19.5 Å². The Bertz CT molecular complexity index is 449. The second-order valence-electron chi connectivity index (χ2n) is 6.68. The molecular formula is C13H23N3O4. The van der Waals surface area contributed by atoms with Gasteiger partial charge in [-0.05, 0) is 41.5 Å². The van der Waals surface area contributed by atoms with Crippen LogP contribution in [-0.4, -0.2) is 51.1 Å². The molecule has 1 fully saturated rings. The zero-order chi connectivity index (χ0) is 15.9. The van der Waals surface area contributed by atoms with Gasteiger partial charge in [0.1, 0.15) is 12.1 Å². The van der Waals surface area contributed by atoms with Crippen molar-refractivity contribution in [3.05, 3.63) is 0 Å². The normalized spacial score (nSPS) is 19.1. The van der Waals surface area contributed by atoms with Gasteiger partial charge in [-0.2, -0.15) is 0 Å². The second-order valence-corrected chi connectivity index (χ2v) is 6.68. The van der Waals surface area contributed by atoms with Crippen molar-refractivity contribution in [2.45, 2.75) is 58.2 Å². The zero-order valence-electron chi connectivity index (χ0n) is 12.8. The lowest BCUT2D eigenvalue weighted by Gasteiger charge is -2.38. The molecule has 3 N–H and O–H groups in total. The first-order valence-electron chi connectivity index (χ1n) is 6.45. The number of nitrogens with one attached hydrogen (secondary N) is 2. The van der Waals surface area contributed by atoms with Crippen molar-refractivity contribution in [1.29, 1.82) is 0 Å². The van der Waals surface area contributed by atoms with Crippen molar-refractivity contribution in [3.8, 4) is 0 Å². The number of aliphatic hydroxyl groups is 1. The summed E-state index contributed by atoms with van der Waals surface area (Å²) in [4.78, 5) is 36.4. The van der Waals surface area contributed by atoms with Crippen LogP contribution in [0.2, 0.25) is 0 Å². The summed E-state index contributed by atoms with van der Waals surface area (Å²) in [7, 11) is 0. The monoisotopic (exact) mass is 285 g/mol. The van der Waals surface area contributed by atoms with Gasteiger partial charge in [-0.25, -0.2) is 4.79 Å². The van der Waals surface area contributed by atoms with E-state index in [0.29, 0.717) is 0 Å². The number of carbonyl (C=O) groups is 3. The maximum absolute atomic E-state index is 12.0. The molecule has 1 saturated heterocycles. The molecular weight excluding hydrogens is 262 g/mol. The van der Waals surface area contributed by atoms with E-state index >= 15 is 0 Å². The summed E-state index contributed by atoms with van der Waals surface area (Å²) < 4.78 is 0. The molecule has 114 valence electrons. The van der Waals surface area contributed by atoms with E-state index in [4.69, 9.17) is 0 Å². The highest BCUT2D eigenvalue weighted by molar-refractivity contribution is 6.08. The van der Waals surface area contributed by atoms with Crippen LogP contribution in [0, 0.1) is 0 Å². The number of hydrogen-bond acceptors (Lipinski definition) is 4. The largest absolute Gasteiger partial charge is 0.388 e. The summed E-state index contributed by atoms with van der Waals surface area (Å²) in [6.07, 6.45) is 0. The maximum atomic E-state index is 12.0. The summed E-state index contributed by atoms with van der Waals surface area (Å²) in [5.41, 5.74) is -3.03. The summed E-state index contributed by atoms with van der Waals surface area (Å²) in [6, 6.07) is -0.587. The van der Waals surface area contributed by atoms with Gasteiger partial charge in [0.2, 0.25) is 5.91 Å². The Morgan fingerprint density at radius 3 is 2.15 bits per heavy atom. The van der Waals surface area contributed by atoms with E-state index in [1.807, 2.05) is 0 Å². The van der Waals surface area contributed by atoms with Gasteiger partial charge < -0.3 is 15.7 Å². The van der Waals surface area contributed by atoms with Crippen molar-refractivity contribution >= 4 is 17.8 Å². The highest BCUT2D eigenvalue weighted by Gasteiger charge is 2.45. The number of urea groups is 1. The van der Waals surface area contributed by atoms with Crippen LogP contribution < -0.4 is 10.6 Å². The molecule has 0 radical (unpaired) electrons. The van der Waals surface area contributed by atoms with Gasteiger partial charge in [-0.3, -0.25) is 14.5 Å². The molecule has 0 atom stereocenters. The van der Waals surface area contributed by atoms with Crippen molar-refractivity contribution in [2.75, 3.05) is 6.54 Å². The number of imide groups is 1. The van der Waals surface area contributed by atoms with Gasteiger partial charge in [0.05, 0.1) is 11.1 Å². The molecule has 0 aliphatic carbocycles. The Hall–Kier alpha value is -1.63. The van der Waals surface area contributed by atoms with Crippen molar-refractivity contribution in [2.24, 2.45) is 0 Å². The SMILES string of the molecule is CC1(C)NC(=O)N(CC(=O)NC(C)(C)C(C)(C)O)C1=O. The highest BCUT2D eigenvalue weighted by atomic mass is 16.3. The van der Waals surface area contributed by atoms with Crippen molar-refractivity contribution in [1.82, 2.24) is 15.5 Å². The van der Waals surface area contributed by atoms with Gasteiger partial charge in [0, 0.05) is 0 Å². The second kappa shape index (κ2) is 4.73. The standard InChI is InChI=1S/C13H23N3O4/c1-11(2)9(18)16(10(19)15-11)7-8(17)14-12(3,4)13(5,6)20/h20H,7H2,1-6H3,(H,14,17)(H,15,19). The number of nitrogens with zero attached hydrogens (tertiary/aromatic N) is 1. The molecule has 0 spiro atoms. The van der Waals surface area contributed by atoms with E-state index in [1.165, 1.54) is 0 Å². The quantitative estimate of drug-likeness (QED) is 0.632. The topological polar surface area (TPSA) is 98.7 Å². The fourth-order valence-electron chi connectivity index (χ4n) is 1.65. The van der Waals surface area contributed by atoms with Crippen LogP contribution in [0.3, 0.4) is 0 Å². The van der Waals surface area contributed by atoms with Gasteiger partial charge in [-0.1, -0.05) is 0 Å². The molecule has 1 aliphatic heterocycles. The first-order chi connectivity index (χ1) is 8.78. The van der Waals surface area contributed by atoms with E-state index in [9.17, 15) is 19.5 Å². The van der Waals surface area contributed by atoms with E-state index < -0.39 is 34.5 Å². The molecule has 1 aliphatic rings. The molecule has 0 aromatic heterocycles. The Morgan fingerprint density at radius 2 is 1.80 bits per heavy atom. The Kier molecular flexibility index (Phi) is 3.88. The van der Waals surface area contributed by atoms with E-state index in [0.717, 1.165) is 4.90 Å². The maximum Gasteiger partial charge on any atom is 0.325 e. The molecule has 0 bridgehead atoms. The fraction of sp³-hybridized carbons (Fsp3) is 0.769. The minimum atomic E-state index is -1.14. The first-order valence-corrected chi connectivity index (χ1v) is 6.45. The lowest BCUT2D eigenvalue weighted by molar-refractivity contribution is -0.135. The fourth-order valence-corrected chi connectivity index (χ4v) is 1.65. The molecule has 0 saturated carbocycles. The summed E-state index contributed by atoms with van der Waals surface area (Å²) in [6.45, 7) is 9.26. The molecule has 7 nitrogen and oxygen atoms in total. The number of hydrogen-bond donors (Lipinski definition) is 3. The van der Waals surface area contributed by atoms with Crippen LogP contribution in [0.4, 0.5) is 4.79 Å². The third-order valence-electron chi connectivity index (χ3n) is 3.73. The molecule has 0 unspecified atom stereocenters. The Morgan fingerprint density at radius 1 is 1.30 bits per heavy atom.